The molecule has 86 valence electrons. The SMILES string of the molecule is c1ccc(OCC23CCN(CC2)CC3)cc1. The van der Waals surface area contributed by atoms with Crippen LogP contribution in [-0.2, 0) is 0 Å². The zero-order chi connectivity index (χ0) is 10.8. The number of piperidine rings is 3. The summed E-state index contributed by atoms with van der Waals surface area (Å²) in [6.45, 7) is 4.74. The van der Waals surface area contributed by atoms with Crippen molar-refractivity contribution in [3.63, 3.8) is 0 Å². The summed E-state index contributed by atoms with van der Waals surface area (Å²) in [6.07, 6.45) is 3.96. The molecule has 3 saturated heterocycles. The van der Waals surface area contributed by atoms with Gasteiger partial charge in [-0.1, -0.05) is 18.2 Å². The maximum Gasteiger partial charge on any atom is 0.119 e. The van der Waals surface area contributed by atoms with Crippen molar-refractivity contribution in [2.24, 2.45) is 5.41 Å². The molecule has 1 aromatic carbocycles. The third-order valence-corrected chi connectivity index (χ3v) is 4.16. The van der Waals surface area contributed by atoms with E-state index in [1.165, 1.54) is 38.9 Å². The van der Waals surface area contributed by atoms with E-state index in [-0.39, 0.29) is 0 Å². The molecule has 2 nitrogen and oxygen atoms in total. The highest BCUT2D eigenvalue weighted by Gasteiger charge is 2.39. The molecule has 3 aliphatic heterocycles. The summed E-state index contributed by atoms with van der Waals surface area (Å²) in [6, 6.07) is 10.2. The Balaban J connectivity index is 1.62. The van der Waals surface area contributed by atoms with Crippen LogP contribution in [0.2, 0.25) is 0 Å². The van der Waals surface area contributed by atoms with Gasteiger partial charge in [-0.2, -0.15) is 0 Å². The van der Waals surface area contributed by atoms with Crippen LogP contribution in [0, 0.1) is 5.41 Å². The summed E-state index contributed by atoms with van der Waals surface area (Å²) in [5.74, 6) is 1.02. The van der Waals surface area contributed by atoms with Gasteiger partial charge < -0.3 is 9.64 Å². The minimum Gasteiger partial charge on any atom is -0.493 e. The maximum atomic E-state index is 5.95. The second-order valence-corrected chi connectivity index (χ2v) is 5.19. The van der Waals surface area contributed by atoms with Crippen LogP contribution in [0.15, 0.2) is 30.3 Å². The molecule has 0 unspecified atom stereocenters. The van der Waals surface area contributed by atoms with Gasteiger partial charge in [-0.3, -0.25) is 0 Å². The van der Waals surface area contributed by atoms with E-state index in [2.05, 4.69) is 17.0 Å². The molecule has 1 aromatic rings. The first-order valence-corrected chi connectivity index (χ1v) is 6.27. The van der Waals surface area contributed by atoms with E-state index in [1.807, 2.05) is 18.2 Å². The maximum absolute atomic E-state index is 5.95. The highest BCUT2D eigenvalue weighted by Crippen LogP contribution is 2.40. The smallest absolute Gasteiger partial charge is 0.119 e. The van der Waals surface area contributed by atoms with Crippen molar-refractivity contribution >= 4 is 0 Å². The Labute approximate surface area is 97.2 Å². The molecular formula is C14H19NO. The van der Waals surface area contributed by atoms with E-state index in [9.17, 15) is 0 Å². The molecule has 0 atom stereocenters. The fourth-order valence-electron chi connectivity index (χ4n) is 2.87. The zero-order valence-corrected chi connectivity index (χ0v) is 9.69. The van der Waals surface area contributed by atoms with Crippen LogP contribution < -0.4 is 4.74 Å². The highest BCUT2D eigenvalue weighted by atomic mass is 16.5. The zero-order valence-electron chi connectivity index (χ0n) is 9.69. The molecule has 3 heterocycles. The largest absolute Gasteiger partial charge is 0.493 e. The van der Waals surface area contributed by atoms with E-state index in [0.29, 0.717) is 5.41 Å². The Morgan fingerprint density at radius 2 is 1.62 bits per heavy atom. The van der Waals surface area contributed by atoms with Gasteiger partial charge in [0.1, 0.15) is 5.75 Å². The van der Waals surface area contributed by atoms with Crippen LogP contribution in [0.3, 0.4) is 0 Å². The number of hydrogen-bond donors (Lipinski definition) is 0. The third kappa shape index (κ3) is 1.94. The van der Waals surface area contributed by atoms with Crippen LogP contribution in [0.25, 0.3) is 0 Å². The lowest BCUT2D eigenvalue weighted by Gasteiger charge is -2.48. The summed E-state index contributed by atoms with van der Waals surface area (Å²) >= 11 is 0. The Morgan fingerprint density at radius 3 is 2.25 bits per heavy atom. The van der Waals surface area contributed by atoms with Crippen LogP contribution in [0.5, 0.6) is 5.75 Å². The van der Waals surface area contributed by atoms with E-state index in [4.69, 9.17) is 4.74 Å². The van der Waals surface area contributed by atoms with Crippen molar-refractivity contribution < 1.29 is 4.74 Å². The molecule has 0 spiro atoms. The lowest BCUT2D eigenvalue weighted by atomic mass is 9.73. The van der Waals surface area contributed by atoms with Crippen molar-refractivity contribution in [2.75, 3.05) is 26.2 Å². The molecule has 3 aliphatic rings. The van der Waals surface area contributed by atoms with E-state index >= 15 is 0 Å². The number of benzene rings is 1. The molecular weight excluding hydrogens is 198 g/mol. The van der Waals surface area contributed by atoms with Gasteiger partial charge in [0.05, 0.1) is 6.61 Å². The monoisotopic (exact) mass is 217 g/mol. The molecule has 4 rings (SSSR count). The van der Waals surface area contributed by atoms with Gasteiger partial charge in [-0.05, 0) is 51.0 Å². The second kappa shape index (κ2) is 4.10. The third-order valence-electron chi connectivity index (χ3n) is 4.16. The minimum atomic E-state index is 0.477. The molecule has 0 amide bonds. The second-order valence-electron chi connectivity index (χ2n) is 5.19. The number of rotatable bonds is 3. The van der Waals surface area contributed by atoms with Crippen LogP contribution in [0.4, 0.5) is 0 Å². The Morgan fingerprint density at radius 1 is 1.00 bits per heavy atom. The summed E-state index contributed by atoms with van der Waals surface area (Å²) in [5.41, 5.74) is 0.477. The minimum absolute atomic E-state index is 0.477. The molecule has 16 heavy (non-hydrogen) atoms. The molecule has 0 aromatic heterocycles. The first-order chi connectivity index (χ1) is 7.86. The highest BCUT2D eigenvalue weighted by molar-refractivity contribution is 5.21. The Kier molecular flexibility index (Phi) is 2.60. The molecule has 0 radical (unpaired) electrons. The molecule has 0 aliphatic carbocycles. The van der Waals surface area contributed by atoms with Gasteiger partial charge in [0, 0.05) is 5.41 Å². The van der Waals surface area contributed by atoms with Crippen molar-refractivity contribution in [3.8, 4) is 5.75 Å². The van der Waals surface area contributed by atoms with Crippen molar-refractivity contribution in [3.05, 3.63) is 30.3 Å². The van der Waals surface area contributed by atoms with Gasteiger partial charge >= 0.3 is 0 Å². The normalized spacial score (nSPS) is 32.6. The predicted molar refractivity (Wildman–Crippen MR) is 64.7 cm³/mol. The summed E-state index contributed by atoms with van der Waals surface area (Å²) in [5, 5.41) is 0. The van der Waals surface area contributed by atoms with Gasteiger partial charge in [-0.15, -0.1) is 0 Å². The summed E-state index contributed by atoms with van der Waals surface area (Å²) in [4.78, 5) is 2.57. The van der Waals surface area contributed by atoms with Crippen molar-refractivity contribution in [2.45, 2.75) is 19.3 Å². The van der Waals surface area contributed by atoms with E-state index < -0.39 is 0 Å². The van der Waals surface area contributed by atoms with Crippen LogP contribution in [-0.4, -0.2) is 31.1 Å². The van der Waals surface area contributed by atoms with Crippen LogP contribution >= 0.6 is 0 Å². The van der Waals surface area contributed by atoms with Gasteiger partial charge in [0.15, 0.2) is 0 Å². The number of nitrogens with zero attached hydrogens (tertiary/aromatic N) is 1. The molecule has 3 fully saturated rings. The lowest BCUT2D eigenvalue weighted by molar-refractivity contribution is -0.00766. The van der Waals surface area contributed by atoms with E-state index in [1.54, 1.807) is 0 Å². The summed E-state index contributed by atoms with van der Waals surface area (Å²) in [7, 11) is 0. The van der Waals surface area contributed by atoms with Crippen LogP contribution in [0.1, 0.15) is 19.3 Å². The van der Waals surface area contributed by atoms with Gasteiger partial charge in [0.25, 0.3) is 0 Å². The Hall–Kier alpha value is -1.02. The van der Waals surface area contributed by atoms with Gasteiger partial charge in [-0.25, -0.2) is 0 Å². The predicted octanol–water partition coefficient (Wildman–Crippen LogP) is 2.55. The fraction of sp³-hybridized carbons (Fsp3) is 0.571. The van der Waals surface area contributed by atoms with E-state index in [0.717, 1.165) is 12.4 Å². The number of para-hydroxylation sites is 1. The molecule has 0 N–H and O–H groups in total. The quantitative estimate of drug-likeness (QED) is 0.771. The number of ether oxygens (including phenoxy) is 1. The number of hydrogen-bond acceptors (Lipinski definition) is 2. The number of fused-ring (bicyclic) bond motifs is 3. The molecule has 0 saturated carbocycles. The first kappa shape index (κ1) is 10.2. The fourth-order valence-corrected chi connectivity index (χ4v) is 2.87. The lowest BCUT2D eigenvalue weighted by Crippen LogP contribution is -2.50. The topological polar surface area (TPSA) is 12.5 Å². The van der Waals surface area contributed by atoms with Gasteiger partial charge in [0.2, 0.25) is 0 Å². The molecule has 2 bridgehead atoms. The average Bonchev–Trinajstić information content (AvgIpc) is 2.40. The standard InChI is InChI=1S/C14H19NO/c1-2-4-13(5-3-1)16-12-14-6-9-15(10-7-14)11-8-14/h1-5H,6-12H2. The first-order valence-electron chi connectivity index (χ1n) is 6.27. The summed E-state index contributed by atoms with van der Waals surface area (Å²) < 4.78 is 5.95. The molecule has 2 heteroatoms. The van der Waals surface area contributed by atoms with Crippen molar-refractivity contribution in [1.29, 1.82) is 0 Å². The average molecular weight is 217 g/mol. The Bertz CT molecular complexity index is 327. The van der Waals surface area contributed by atoms with Crippen molar-refractivity contribution in [1.82, 2.24) is 4.90 Å².